The Bertz CT molecular complexity index is 672. The van der Waals surface area contributed by atoms with Crippen molar-refractivity contribution in [1.29, 1.82) is 0 Å². The van der Waals surface area contributed by atoms with Crippen molar-refractivity contribution in [1.82, 2.24) is 9.97 Å². The molecule has 1 heterocycles. The van der Waals surface area contributed by atoms with Crippen molar-refractivity contribution < 1.29 is 4.79 Å². The fraction of sp³-hybridized carbons (Fsp3) is 0.389. The van der Waals surface area contributed by atoms with Crippen LogP contribution < -0.4 is 10.6 Å². The Morgan fingerprint density at radius 1 is 1.09 bits per heavy atom. The van der Waals surface area contributed by atoms with E-state index in [9.17, 15) is 4.79 Å². The molecule has 0 aliphatic heterocycles. The number of aromatic nitrogens is 2. The van der Waals surface area contributed by atoms with Crippen molar-refractivity contribution in [2.75, 3.05) is 10.6 Å². The summed E-state index contributed by atoms with van der Waals surface area (Å²) < 4.78 is 0. The van der Waals surface area contributed by atoms with Crippen molar-refractivity contribution in [3.05, 3.63) is 47.9 Å². The molecule has 5 heteroatoms. The molecular weight excluding hydrogens is 288 g/mol. The molecule has 122 valence electrons. The highest BCUT2D eigenvalue weighted by atomic mass is 16.1. The largest absolute Gasteiger partial charge is 0.367 e. The van der Waals surface area contributed by atoms with Gasteiger partial charge in [0.25, 0.3) is 5.91 Å². The molecule has 0 saturated heterocycles. The maximum absolute atomic E-state index is 12.4. The minimum absolute atomic E-state index is 0.0550. The molecule has 0 spiro atoms. The van der Waals surface area contributed by atoms with Crippen molar-refractivity contribution in [2.24, 2.45) is 0 Å². The van der Waals surface area contributed by atoms with E-state index in [1.54, 1.807) is 6.20 Å². The Labute approximate surface area is 137 Å². The highest BCUT2D eigenvalue weighted by molar-refractivity contribution is 6.03. The van der Waals surface area contributed by atoms with Crippen molar-refractivity contribution >= 4 is 17.4 Å². The van der Waals surface area contributed by atoms with Crippen LogP contribution in [0.25, 0.3) is 0 Å². The molecule has 0 radical (unpaired) electrons. The third-order valence-electron chi connectivity index (χ3n) is 3.30. The summed E-state index contributed by atoms with van der Waals surface area (Å²) in [6.45, 7) is 10.4. The van der Waals surface area contributed by atoms with Crippen LogP contribution in [0.4, 0.5) is 11.5 Å². The van der Waals surface area contributed by atoms with E-state index in [0.29, 0.717) is 11.5 Å². The van der Waals surface area contributed by atoms with Gasteiger partial charge in [-0.1, -0.05) is 39.0 Å². The average molecular weight is 312 g/mol. The van der Waals surface area contributed by atoms with Gasteiger partial charge in [-0.25, -0.2) is 9.97 Å². The fourth-order valence-corrected chi connectivity index (χ4v) is 2.25. The molecular formula is C18H24N4O. The minimum Gasteiger partial charge on any atom is -0.367 e. The van der Waals surface area contributed by atoms with Crippen LogP contribution in [0.2, 0.25) is 0 Å². The third kappa shape index (κ3) is 4.52. The lowest BCUT2D eigenvalue weighted by Crippen LogP contribution is -2.20. The van der Waals surface area contributed by atoms with E-state index in [1.165, 1.54) is 6.20 Å². The second-order valence-electron chi connectivity index (χ2n) is 6.84. The molecule has 2 N–H and O–H groups in total. The van der Waals surface area contributed by atoms with Gasteiger partial charge in [-0.05, 0) is 30.9 Å². The number of anilines is 2. The van der Waals surface area contributed by atoms with Crippen LogP contribution in [-0.4, -0.2) is 21.9 Å². The van der Waals surface area contributed by atoms with Crippen molar-refractivity contribution in [3.63, 3.8) is 0 Å². The first-order valence-corrected chi connectivity index (χ1v) is 7.77. The van der Waals surface area contributed by atoms with Gasteiger partial charge >= 0.3 is 0 Å². The van der Waals surface area contributed by atoms with Crippen LogP contribution in [0.3, 0.4) is 0 Å². The summed E-state index contributed by atoms with van der Waals surface area (Å²) in [5.41, 5.74) is 2.12. The second-order valence-corrected chi connectivity index (χ2v) is 6.84. The molecule has 5 nitrogen and oxygen atoms in total. The van der Waals surface area contributed by atoms with Gasteiger partial charge < -0.3 is 10.6 Å². The van der Waals surface area contributed by atoms with Crippen molar-refractivity contribution in [3.8, 4) is 0 Å². The van der Waals surface area contributed by atoms with Gasteiger partial charge in [0.05, 0.1) is 12.4 Å². The lowest BCUT2D eigenvalue weighted by atomic mass is 9.86. The van der Waals surface area contributed by atoms with Crippen LogP contribution in [0.5, 0.6) is 0 Å². The predicted octanol–water partition coefficient (Wildman–Crippen LogP) is 3.85. The monoisotopic (exact) mass is 312 g/mol. The summed E-state index contributed by atoms with van der Waals surface area (Å²) in [6, 6.07) is 8.08. The first-order chi connectivity index (χ1) is 10.8. The molecule has 2 rings (SSSR count). The summed E-state index contributed by atoms with van der Waals surface area (Å²) in [5.74, 6) is 0.400. The lowest BCUT2D eigenvalue weighted by Gasteiger charge is -2.22. The Kier molecular flexibility index (Phi) is 4.98. The van der Waals surface area contributed by atoms with Gasteiger partial charge in [0, 0.05) is 11.7 Å². The van der Waals surface area contributed by atoms with Gasteiger partial charge in [-0.3, -0.25) is 4.79 Å². The molecule has 1 aromatic carbocycles. The summed E-state index contributed by atoms with van der Waals surface area (Å²) in [7, 11) is 0. The molecule has 0 bridgehead atoms. The predicted molar refractivity (Wildman–Crippen MR) is 93.9 cm³/mol. The maximum Gasteiger partial charge on any atom is 0.275 e. The first-order valence-electron chi connectivity index (χ1n) is 7.77. The number of carbonyl (C=O) groups is 1. The van der Waals surface area contributed by atoms with E-state index in [0.717, 1.165) is 11.3 Å². The number of hydrogen-bond donors (Lipinski definition) is 2. The van der Waals surface area contributed by atoms with E-state index in [-0.39, 0.29) is 17.4 Å². The fourth-order valence-electron chi connectivity index (χ4n) is 2.25. The maximum atomic E-state index is 12.4. The molecule has 0 unspecified atom stereocenters. The molecule has 0 atom stereocenters. The minimum atomic E-state index is -0.259. The van der Waals surface area contributed by atoms with Crippen LogP contribution in [0.1, 0.15) is 50.7 Å². The third-order valence-corrected chi connectivity index (χ3v) is 3.30. The quantitative estimate of drug-likeness (QED) is 0.900. The van der Waals surface area contributed by atoms with Crippen LogP contribution >= 0.6 is 0 Å². The highest BCUT2D eigenvalue weighted by Crippen LogP contribution is 2.29. The number of benzene rings is 1. The van der Waals surface area contributed by atoms with Crippen LogP contribution in [0.15, 0.2) is 36.7 Å². The number of nitrogens with one attached hydrogen (secondary N) is 2. The van der Waals surface area contributed by atoms with E-state index in [4.69, 9.17) is 0 Å². The van der Waals surface area contributed by atoms with Crippen LogP contribution in [-0.2, 0) is 5.41 Å². The molecule has 0 aliphatic carbocycles. The Morgan fingerprint density at radius 2 is 1.78 bits per heavy atom. The molecule has 1 amide bonds. The summed E-state index contributed by atoms with van der Waals surface area (Å²) in [4.78, 5) is 20.8. The molecule has 0 aliphatic rings. The van der Waals surface area contributed by atoms with E-state index in [2.05, 4.69) is 41.4 Å². The van der Waals surface area contributed by atoms with Gasteiger partial charge in [0.2, 0.25) is 0 Å². The molecule has 2 aromatic rings. The molecule has 0 saturated carbocycles. The number of carbonyl (C=O) groups excluding carboxylic acids is 1. The highest BCUT2D eigenvalue weighted by Gasteiger charge is 2.19. The number of nitrogens with zero attached hydrogens (tertiary/aromatic N) is 2. The van der Waals surface area contributed by atoms with Crippen molar-refractivity contribution in [2.45, 2.75) is 46.1 Å². The molecule has 23 heavy (non-hydrogen) atoms. The zero-order valence-corrected chi connectivity index (χ0v) is 14.3. The number of hydrogen-bond acceptors (Lipinski definition) is 4. The van der Waals surface area contributed by atoms with Gasteiger partial charge in [0.1, 0.15) is 11.5 Å². The standard InChI is InChI=1S/C18H24N4O/c1-12(2)21-16-11-19-15(10-20-16)17(23)22-14-9-7-6-8-13(14)18(3,4)5/h6-12H,1-5H3,(H,20,21)(H,22,23). The topological polar surface area (TPSA) is 66.9 Å². The number of para-hydroxylation sites is 1. The number of amides is 1. The Hall–Kier alpha value is -2.43. The second kappa shape index (κ2) is 6.77. The zero-order valence-electron chi connectivity index (χ0n) is 14.3. The summed E-state index contributed by atoms with van der Waals surface area (Å²) in [6.07, 6.45) is 3.06. The van der Waals surface area contributed by atoms with Gasteiger partial charge in [0.15, 0.2) is 0 Å². The lowest BCUT2D eigenvalue weighted by molar-refractivity contribution is 0.102. The van der Waals surface area contributed by atoms with Gasteiger partial charge in [-0.2, -0.15) is 0 Å². The molecule has 1 aromatic heterocycles. The smallest absolute Gasteiger partial charge is 0.275 e. The SMILES string of the molecule is CC(C)Nc1cnc(C(=O)Nc2ccccc2C(C)(C)C)cn1. The first kappa shape index (κ1) is 16.9. The summed E-state index contributed by atoms with van der Waals surface area (Å²) in [5, 5.41) is 6.08. The summed E-state index contributed by atoms with van der Waals surface area (Å²) >= 11 is 0. The van der Waals surface area contributed by atoms with E-state index in [1.807, 2.05) is 38.1 Å². The zero-order chi connectivity index (χ0) is 17.0. The molecule has 0 fully saturated rings. The van der Waals surface area contributed by atoms with E-state index < -0.39 is 0 Å². The normalized spacial score (nSPS) is 11.4. The van der Waals surface area contributed by atoms with Gasteiger partial charge in [-0.15, -0.1) is 0 Å². The Balaban J connectivity index is 2.17. The van der Waals surface area contributed by atoms with Crippen LogP contribution in [0, 0.1) is 0 Å². The van der Waals surface area contributed by atoms with E-state index >= 15 is 0 Å². The Morgan fingerprint density at radius 3 is 2.35 bits per heavy atom. The average Bonchev–Trinajstić information content (AvgIpc) is 2.46. The number of rotatable bonds is 4.